The van der Waals surface area contributed by atoms with E-state index in [1.165, 1.54) is 4.31 Å². The molecule has 2 aliphatic heterocycles. The Balaban J connectivity index is 1.63. The van der Waals surface area contributed by atoms with Crippen LogP contribution in [0.25, 0.3) is 0 Å². The second-order valence-electron chi connectivity index (χ2n) is 6.39. The predicted octanol–water partition coefficient (Wildman–Crippen LogP) is 2.11. The van der Waals surface area contributed by atoms with Gasteiger partial charge in [-0.25, -0.2) is 8.42 Å². The summed E-state index contributed by atoms with van der Waals surface area (Å²) in [4.78, 5) is 2.57. The summed E-state index contributed by atoms with van der Waals surface area (Å²) in [6, 6.07) is 14.6. The first-order chi connectivity index (χ1) is 12.6. The van der Waals surface area contributed by atoms with Crippen LogP contribution in [-0.4, -0.2) is 52.2 Å². The van der Waals surface area contributed by atoms with Crippen molar-refractivity contribution >= 4 is 15.7 Å². The van der Waals surface area contributed by atoms with Crippen molar-refractivity contribution in [2.45, 2.75) is 11.4 Å². The van der Waals surface area contributed by atoms with Gasteiger partial charge in [0.25, 0.3) is 0 Å². The zero-order valence-corrected chi connectivity index (χ0v) is 15.3. The van der Waals surface area contributed by atoms with E-state index in [2.05, 4.69) is 4.90 Å². The molecule has 0 spiro atoms. The summed E-state index contributed by atoms with van der Waals surface area (Å²) in [5.74, 6) is 0.757. The molecule has 138 valence electrons. The minimum atomic E-state index is -3.55. The smallest absolute Gasteiger partial charge is 0.243 e. The topological polar surface area (TPSA) is 59.1 Å². The highest BCUT2D eigenvalue weighted by Gasteiger charge is 2.28. The molecule has 7 heteroatoms. The van der Waals surface area contributed by atoms with Crippen LogP contribution >= 0.6 is 0 Å². The van der Waals surface area contributed by atoms with Crippen molar-refractivity contribution in [1.29, 1.82) is 0 Å². The Kier molecular flexibility index (Phi) is 4.84. The molecular formula is C19H22N2O4S. The number of sulfonamides is 1. The number of rotatable bonds is 3. The van der Waals surface area contributed by atoms with Crippen molar-refractivity contribution in [2.75, 3.05) is 44.4 Å². The average molecular weight is 374 g/mol. The molecule has 1 fully saturated rings. The summed E-state index contributed by atoms with van der Waals surface area (Å²) in [6.45, 7) is 4.08. The summed E-state index contributed by atoms with van der Waals surface area (Å²) < 4.78 is 38.7. The third kappa shape index (κ3) is 3.42. The molecule has 0 bridgehead atoms. The number of ether oxygens (including phenoxy) is 2. The number of anilines is 1. The Morgan fingerprint density at radius 3 is 2.42 bits per heavy atom. The first kappa shape index (κ1) is 17.3. The number of hydrogen-bond acceptors (Lipinski definition) is 5. The Morgan fingerprint density at radius 1 is 0.885 bits per heavy atom. The van der Waals surface area contributed by atoms with Crippen LogP contribution in [-0.2, 0) is 21.3 Å². The lowest BCUT2D eigenvalue weighted by Gasteiger charge is -2.29. The molecule has 0 aromatic heterocycles. The van der Waals surface area contributed by atoms with Crippen LogP contribution in [0.1, 0.15) is 5.56 Å². The zero-order chi connectivity index (χ0) is 18.0. The fraction of sp³-hybridized carbons (Fsp3) is 0.368. The van der Waals surface area contributed by atoms with E-state index in [-0.39, 0.29) is 0 Å². The summed E-state index contributed by atoms with van der Waals surface area (Å²) in [6.07, 6.45) is 0. The maximum atomic E-state index is 13.0. The van der Waals surface area contributed by atoms with Gasteiger partial charge in [0.05, 0.1) is 18.1 Å². The van der Waals surface area contributed by atoms with E-state index in [0.717, 1.165) is 30.1 Å². The molecule has 4 rings (SSSR count). The predicted molar refractivity (Wildman–Crippen MR) is 99.0 cm³/mol. The lowest BCUT2D eigenvalue weighted by molar-refractivity contribution is 0.122. The molecule has 6 nitrogen and oxygen atoms in total. The Morgan fingerprint density at radius 2 is 1.65 bits per heavy atom. The maximum Gasteiger partial charge on any atom is 0.243 e. The average Bonchev–Trinajstić information content (AvgIpc) is 2.91. The minimum absolute atomic E-state index is 0.310. The van der Waals surface area contributed by atoms with Gasteiger partial charge in [-0.1, -0.05) is 18.2 Å². The van der Waals surface area contributed by atoms with Gasteiger partial charge in [0.2, 0.25) is 10.0 Å². The van der Waals surface area contributed by atoms with Gasteiger partial charge in [-0.05, 0) is 30.3 Å². The highest BCUT2D eigenvalue weighted by Crippen LogP contribution is 2.30. The van der Waals surface area contributed by atoms with E-state index in [1.807, 2.05) is 24.3 Å². The van der Waals surface area contributed by atoms with E-state index in [9.17, 15) is 8.42 Å². The van der Waals surface area contributed by atoms with Gasteiger partial charge in [-0.3, -0.25) is 0 Å². The zero-order valence-electron chi connectivity index (χ0n) is 14.5. The molecule has 0 atom stereocenters. The molecular weight excluding hydrogens is 352 g/mol. The maximum absolute atomic E-state index is 13.0. The highest BCUT2D eigenvalue weighted by atomic mass is 32.2. The number of benzene rings is 2. The number of nitrogens with zero attached hydrogens (tertiary/aromatic N) is 2. The normalized spacial score (nSPS) is 18.7. The molecule has 2 aromatic rings. The lowest BCUT2D eigenvalue weighted by Crippen LogP contribution is -2.36. The second-order valence-corrected chi connectivity index (χ2v) is 8.33. The molecule has 0 aliphatic carbocycles. The van der Waals surface area contributed by atoms with Gasteiger partial charge in [0.1, 0.15) is 12.4 Å². The minimum Gasteiger partial charge on any atom is -0.492 e. The molecule has 2 aromatic carbocycles. The summed E-state index contributed by atoms with van der Waals surface area (Å²) >= 11 is 0. The summed E-state index contributed by atoms with van der Waals surface area (Å²) in [5.41, 5.74) is 1.97. The van der Waals surface area contributed by atoms with E-state index in [0.29, 0.717) is 37.8 Å². The van der Waals surface area contributed by atoms with Crippen LogP contribution in [0.2, 0.25) is 0 Å². The Bertz CT molecular complexity index is 864. The van der Waals surface area contributed by atoms with Crippen molar-refractivity contribution in [3.05, 3.63) is 54.1 Å². The molecule has 2 aliphatic rings. The van der Waals surface area contributed by atoms with Crippen molar-refractivity contribution in [3.63, 3.8) is 0 Å². The fourth-order valence-corrected chi connectivity index (χ4v) is 4.74. The molecule has 2 heterocycles. The number of fused-ring (bicyclic) bond motifs is 1. The quantitative estimate of drug-likeness (QED) is 0.824. The monoisotopic (exact) mass is 374 g/mol. The van der Waals surface area contributed by atoms with Crippen LogP contribution in [0.3, 0.4) is 0 Å². The molecule has 0 N–H and O–H groups in total. The summed E-state index contributed by atoms with van der Waals surface area (Å²) in [7, 11) is -3.55. The second kappa shape index (κ2) is 7.26. The van der Waals surface area contributed by atoms with Gasteiger partial charge < -0.3 is 14.4 Å². The molecule has 0 saturated carbocycles. The van der Waals surface area contributed by atoms with Gasteiger partial charge in [-0.2, -0.15) is 4.31 Å². The van der Waals surface area contributed by atoms with Crippen molar-refractivity contribution < 1.29 is 17.9 Å². The summed E-state index contributed by atoms with van der Waals surface area (Å²) in [5, 5.41) is 0. The number of hydrogen-bond donors (Lipinski definition) is 0. The van der Waals surface area contributed by atoms with Gasteiger partial charge in [0, 0.05) is 37.4 Å². The van der Waals surface area contributed by atoms with E-state index in [1.54, 1.807) is 24.3 Å². The van der Waals surface area contributed by atoms with Gasteiger partial charge >= 0.3 is 0 Å². The Labute approximate surface area is 154 Å². The van der Waals surface area contributed by atoms with E-state index in [4.69, 9.17) is 9.47 Å². The molecule has 0 unspecified atom stereocenters. The van der Waals surface area contributed by atoms with Crippen LogP contribution in [0, 0.1) is 0 Å². The van der Waals surface area contributed by atoms with Crippen molar-refractivity contribution in [1.82, 2.24) is 4.31 Å². The fourth-order valence-electron chi connectivity index (χ4n) is 3.32. The van der Waals surface area contributed by atoms with E-state index < -0.39 is 10.0 Å². The lowest BCUT2D eigenvalue weighted by atomic mass is 10.1. The third-order valence-electron chi connectivity index (χ3n) is 4.75. The van der Waals surface area contributed by atoms with E-state index >= 15 is 0 Å². The molecule has 0 radical (unpaired) electrons. The highest BCUT2D eigenvalue weighted by molar-refractivity contribution is 7.89. The standard InChI is InChI=1S/C19H22N2O4S/c22-26(23,18-4-2-1-3-5-18)21-10-13-25-19-7-6-17(14-16(19)15-21)20-8-11-24-12-9-20/h1-7,14H,8-13,15H2. The Hall–Kier alpha value is -2.09. The van der Waals surface area contributed by atoms with Crippen molar-refractivity contribution in [2.24, 2.45) is 0 Å². The molecule has 0 amide bonds. The molecule has 26 heavy (non-hydrogen) atoms. The van der Waals surface area contributed by atoms with Crippen LogP contribution in [0.15, 0.2) is 53.4 Å². The third-order valence-corrected chi connectivity index (χ3v) is 6.61. The first-order valence-corrected chi connectivity index (χ1v) is 10.2. The molecule has 1 saturated heterocycles. The van der Waals surface area contributed by atoms with Gasteiger partial charge in [0.15, 0.2) is 0 Å². The first-order valence-electron chi connectivity index (χ1n) is 8.78. The SMILES string of the molecule is O=S(=O)(c1ccccc1)N1CCOc2ccc(N3CCOCC3)cc2C1. The largest absolute Gasteiger partial charge is 0.492 e. The number of morpholine rings is 1. The van der Waals surface area contributed by atoms with Crippen molar-refractivity contribution in [3.8, 4) is 5.75 Å². The van der Waals surface area contributed by atoms with Crippen LogP contribution < -0.4 is 9.64 Å². The van der Waals surface area contributed by atoms with Crippen LogP contribution in [0.4, 0.5) is 5.69 Å². The van der Waals surface area contributed by atoms with Crippen LogP contribution in [0.5, 0.6) is 5.75 Å². The van der Waals surface area contributed by atoms with Gasteiger partial charge in [-0.15, -0.1) is 0 Å².